The fourth-order valence-corrected chi connectivity index (χ4v) is 3.35. The molecule has 0 spiro atoms. The standard InChI is InChI=1S/C15H19BrClNO/c1-10-5-4-7-12(14(10)16)15(19)18-9-11-6-2-3-8-13(11)17/h4-5,7,11,13H,2-3,6,8-9H2,1H3,(H,18,19). The second kappa shape index (κ2) is 6.76. The maximum Gasteiger partial charge on any atom is 0.252 e. The van der Waals surface area contributed by atoms with Crippen LogP contribution in [0.25, 0.3) is 0 Å². The Labute approximate surface area is 128 Å². The van der Waals surface area contributed by atoms with E-state index in [1.165, 1.54) is 12.8 Å². The zero-order valence-electron chi connectivity index (χ0n) is 11.1. The van der Waals surface area contributed by atoms with Crippen molar-refractivity contribution >= 4 is 33.4 Å². The average Bonchev–Trinajstić information content (AvgIpc) is 2.40. The van der Waals surface area contributed by atoms with Gasteiger partial charge in [0, 0.05) is 16.4 Å². The minimum Gasteiger partial charge on any atom is -0.352 e. The number of amides is 1. The van der Waals surface area contributed by atoms with Crippen molar-refractivity contribution in [2.75, 3.05) is 6.54 Å². The summed E-state index contributed by atoms with van der Waals surface area (Å²) in [7, 11) is 0. The monoisotopic (exact) mass is 343 g/mol. The largest absolute Gasteiger partial charge is 0.352 e. The summed E-state index contributed by atoms with van der Waals surface area (Å²) < 4.78 is 0.874. The molecule has 1 aromatic carbocycles. The van der Waals surface area contributed by atoms with Crippen LogP contribution in [0.3, 0.4) is 0 Å². The quantitative estimate of drug-likeness (QED) is 0.815. The van der Waals surface area contributed by atoms with Crippen molar-refractivity contribution < 1.29 is 4.79 Å². The van der Waals surface area contributed by atoms with Gasteiger partial charge >= 0.3 is 0 Å². The predicted molar refractivity (Wildman–Crippen MR) is 82.8 cm³/mol. The highest BCUT2D eigenvalue weighted by Gasteiger charge is 2.23. The van der Waals surface area contributed by atoms with Crippen molar-refractivity contribution in [2.24, 2.45) is 5.92 Å². The number of benzene rings is 1. The molecular formula is C15H19BrClNO. The SMILES string of the molecule is Cc1cccc(C(=O)NCC2CCCCC2Cl)c1Br. The number of carbonyl (C=O) groups excluding carboxylic acids is 1. The van der Waals surface area contributed by atoms with Crippen LogP contribution in [0.15, 0.2) is 22.7 Å². The molecule has 19 heavy (non-hydrogen) atoms. The van der Waals surface area contributed by atoms with Gasteiger partial charge in [0.2, 0.25) is 0 Å². The molecule has 104 valence electrons. The molecule has 1 aromatic rings. The Morgan fingerprint density at radius 3 is 2.89 bits per heavy atom. The molecule has 1 aliphatic rings. The third-order valence-corrected chi connectivity index (χ3v) is 5.40. The molecule has 1 aliphatic carbocycles. The van der Waals surface area contributed by atoms with Gasteiger partial charge in [-0.05, 0) is 53.2 Å². The van der Waals surface area contributed by atoms with E-state index in [0.717, 1.165) is 22.9 Å². The molecule has 1 fully saturated rings. The van der Waals surface area contributed by atoms with E-state index < -0.39 is 0 Å². The number of carbonyl (C=O) groups is 1. The Bertz CT molecular complexity index is 463. The second-order valence-electron chi connectivity index (χ2n) is 5.21. The van der Waals surface area contributed by atoms with E-state index in [2.05, 4.69) is 21.2 Å². The van der Waals surface area contributed by atoms with Crippen LogP contribution >= 0.6 is 27.5 Å². The van der Waals surface area contributed by atoms with E-state index in [4.69, 9.17) is 11.6 Å². The zero-order chi connectivity index (χ0) is 13.8. The molecule has 1 saturated carbocycles. The van der Waals surface area contributed by atoms with Gasteiger partial charge in [0.25, 0.3) is 5.91 Å². The van der Waals surface area contributed by atoms with Crippen molar-refractivity contribution in [1.82, 2.24) is 5.32 Å². The van der Waals surface area contributed by atoms with Gasteiger partial charge in [-0.3, -0.25) is 4.79 Å². The summed E-state index contributed by atoms with van der Waals surface area (Å²) in [5, 5.41) is 3.22. The van der Waals surface area contributed by atoms with Crippen molar-refractivity contribution in [1.29, 1.82) is 0 Å². The summed E-state index contributed by atoms with van der Waals surface area (Å²) in [6, 6.07) is 5.72. The van der Waals surface area contributed by atoms with Crippen LogP contribution in [-0.4, -0.2) is 17.8 Å². The molecule has 0 bridgehead atoms. The van der Waals surface area contributed by atoms with Crippen LogP contribution in [0.5, 0.6) is 0 Å². The molecule has 0 saturated heterocycles. The highest BCUT2D eigenvalue weighted by atomic mass is 79.9. The zero-order valence-corrected chi connectivity index (χ0v) is 13.4. The van der Waals surface area contributed by atoms with Gasteiger partial charge in [-0.2, -0.15) is 0 Å². The number of alkyl halides is 1. The molecule has 0 aliphatic heterocycles. The molecule has 0 aromatic heterocycles. The maximum absolute atomic E-state index is 12.2. The maximum atomic E-state index is 12.2. The Kier molecular flexibility index (Phi) is 5.28. The van der Waals surface area contributed by atoms with E-state index >= 15 is 0 Å². The molecule has 1 amide bonds. The summed E-state index contributed by atoms with van der Waals surface area (Å²) in [5.41, 5.74) is 1.77. The third-order valence-electron chi connectivity index (χ3n) is 3.78. The van der Waals surface area contributed by atoms with Gasteiger partial charge in [-0.25, -0.2) is 0 Å². The minimum absolute atomic E-state index is 0.0231. The fraction of sp³-hybridized carbons (Fsp3) is 0.533. The van der Waals surface area contributed by atoms with E-state index in [1.807, 2.05) is 25.1 Å². The second-order valence-corrected chi connectivity index (χ2v) is 6.56. The third kappa shape index (κ3) is 3.73. The summed E-state index contributed by atoms with van der Waals surface area (Å²) in [4.78, 5) is 12.2. The molecule has 4 heteroatoms. The van der Waals surface area contributed by atoms with Gasteiger partial charge in [0.05, 0.1) is 5.56 Å². The number of hydrogen-bond donors (Lipinski definition) is 1. The first-order valence-corrected chi connectivity index (χ1v) is 8.00. The van der Waals surface area contributed by atoms with E-state index in [-0.39, 0.29) is 11.3 Å². The smallest absolute Gasteiger partial charge is 0.252 e. The number of nitrogens with one attached hydrogen (secondary N) is 1. The van der Waals surface area contributed by atoms with Gasteiger partial charge < -0.3 is 5.32 Å². The lowest BCUT2D eigenvalue weighted by atomic mass is 9.88. The molecule has 2 nitrogen and oxygen atoms in total. The summed E-state index contributed by atoms with van der Waals surface area (Å²) >= 11 is 9.78. The van der Waals surface area contributed by atoms with Crippen LogP contribution in [0.2, 0.25) is 0 Å². The molecule has 2 unspecified atom stereocenters. The van der Waals surface area contributed by atoms with Crippen LogP contribution in [-0.2, 0) is 0 Å². The molecule has 2 rings (SSSR count). The van der Waals surface area contributed by atoms with E-state index in [0.29, 0.717) is 18.0 Å². The lowest BCUT2D eigenvalue weighted by Gasteiger charge is -2.27. The fourth-order valence-electron chi connectivity index (χ4n) is 2.53. The lowest BCUT2D eigenvalue weighted by molar-refractivity contribution is 0.0943. The Morgan fingerprint density at radius 1 is 1.42 bits per heavy atom. The van der Waals surface area contributed by atoms with E-state index in [9.17, 15) is 4.79 Å². The van der Waals surface area contributed by atoms with Crippen molar-refractivity contribution in [3.05, 3.63) is 33.8 Å². The average molecular weight is 345 g/mol. The van der Waals surface area contributed by atoms with E-state index in [1.54, 1.807) is 0 Å². The lowest BCUT2D eigenvalue weighted by Crippen LogP contribution is -2.34. The summed E-state index contributed by atoms with van der Waals surface area (Å²) in [5.74, 6) is 0.382. The number of aryl methyl sites for hydroxylation is 1. The first kappa shape index (κ1) is 14.9. The van der Waals surface area contributed by atoms with Gasteiger partial charge in [-0.1, -0.05) is 25.0 Å². The minimum atomic E-state index is -0.0231. The van der Waals surface area contributed by atoms with Crippen molar-refractivity contribution in [3.8, 4) is 0 Å². The highest BCUT2D eigenvalue weighted by Crippen LogP contribution is 2.28. The first-order chi connectivity index (χ1) is 9.09. The van der Waals surface area contributed by atoms with Crippen molar-refractivity contribution in [2.45, 2.75) is 38.0 Å². The highest BCUT2D eigenvalue weighted by molar-refractivity contribution is 9.10. The van der Waals surface area contributed by atoms with Gasteiger partial charge in [0.15, 0.2) is 0 Å². The Balaban J connectivity index is 1.95. The van der Waals surface area contributed by atoms with Gasteiger partial charge in [-0.15, -0.1) is 11.6 Å². The Morgan fingerprint density at radius 2 is 2.16 bits per heavy atom. The molecule has 1 N–H and O–H groups in total. The van der Waals surface area contributed by atoms with Crippen LogP contribution in [0.4, 0.5) is 0 Å². The topological polar surface area (TPSA) is 29.1 Å². The van der Waals surface area contributed by atoms with Crippen LogP contribution < -0.4 is 5.32 Å². The first-order valence-electron chi connectivity index (χ1n) is 6.77. The molecular weight excluding hydrogens is 326 g/mol. The summed E-state index contributed by atoms with van der Waals surface area (Å²) in [6.07, 6.45) is 4.61. The Hall–Kier alpha value is -0.540. The van der Waals surface area contributed by atoms with Crippen LogP contribution in [0.1, 0.15) is 41.6 Å². The number of hydrogen-bond acceptors (Lipinski definition) is 1. The van der Waals surface area contributed by atoms with Crippen molar-refractivity contribution in [3.63, 3.8) is 0 Å². The molecule has 0 heterocycles. The van der Waals surface area contributed by atoms with Gasteiger partial charge in [0.1, 0.15) is 0 Å². The molecule has 0 radical (unpaired) electrons. The normalized spacial score (nSPS) is 23.1. The summed E-state index contributed by atoms with van der Waals surface area (Å²) in [6.45, 7) is 2.66. The predicted octanol–water partition coefficient (Wildman–Crippen LogP) is 4.28. The van der Waals surface area contributed by atoms with Crippen LogP contribution in [0, 0.1) is 12.8 Å². The number of halogens is 2. The molecule has 2 atom stereocenters. The number of rotatable bonds is 3.